The van der Waals surface area contributed by atoms with E-state index in [1.807, 2.05) is 42.5 Å². The number of fused-ring (bicyclic) bond motifs is 1. The van der Waals surface area contributed by atoms with Gasteiger partial charge in [0, 0.05) is 41.7 Å². The monoisotopic (exact) mass is 468 g/mol. The molecule has 7 heteroatoms. The number of halogens is 1. The number of pyridine rings is 1. The van der Waals surface area contributed by atoms with Gasteiger partial charge in [-0.05, 0) is 68.1 Å². The first-order chi connectivity index (χ1) is 14.5. The molecule has 2 heterocycles. The molecule has 0 saturated carbocycles. The highest BCUT2D eigenvalue weighted by Gasteiger charge is 2.16. The lowest BCUT2D eigenvalue weighted by Crippen LogP contribution is -2.44. The molecule has 156 valence electrons. The molecule has 2 aromatic carbocycles. The molecule has 1 saturated heterocycles. The van der Waals surface area contributed by atoms with E-state index in [-0.39, 0.29) is 12.5 Å². The summed E-state index contributed by atoms with van der Waals surface area (Å²) in [6, 6.07) is 15.4. The Morgan fingerprint density at radius 3 is 2.57 bits per heavy atom. The minimum absolute atomic E-state index is 0.0424. The normalized spacial score (nSPS) is 14.7. The molecule has 0 aliphatic carbocycles. The van der Waals surface area contributed by atoms with Gasteiger partial charge in [-0.15, -0.1) is 0 Å². The summed E-state index contributed by atoms with van der Waals surface area (Å²) < 4.78 is 6.51. The van der Waals surface area contributed by atoms with E-state index in [4.69, 9.17) is 9.72 Å². The summed E-state index contributed by atoms with van der Waals surface area (Å²) in [6.07, 6.45) is 0. The smallest absolute Gasteiger partial charge is 0.262 e. The van der Waals surface area contributed by atoms with Crippen LogP contribution in [0.15, 0.2) is 53.0 Å². The first-order valence-corrected chi connectivity index (χ1v) is 10.8. The molecule has 3 aromatic rings. The molecule has 1 amide bonds. The van der Waals surface area contributed by atoms with Gasteiger partial charge in [0.1, 0.15) is 11.6 Å². The predicted molar refractivity (Wildman–Crippen MR) is 124 cm³/mol. The number of amides is 1. The number of benzene rings is 2. The number of rotatable bonds is 5. The van der Waals surface area contributed by atoms with Crippen LogP contribution in [0.5, 0.6) is 5.75 Å². The average Bonchev–Trinajstić information content (AvgIpc) is 2.74. The Morgan fingerprint density at radius 1 is 1.10 bits per heavy atom. The third-order valence-corrected chi connectivity index (χ3v) is 5.83. The number of nitrogens with one attached hydrogen (secondary N) is 1. The topological polar surface area (TPSA) is 57.7 Å². The maximum absolute atomic E-state index is 12.3. The number of hydrogen-bond donors (Lipinski definition) is 1. The van der Waals surface area contributed by atoms with E-state index in [9.17, 15) is 4.79 Å². The molecule has 0 radical (unpaired) electrons. The van der Waals surface area contributed by atoms with Crippen molar-refractivity contribution < 1.29 is 9.53 Å². The van der Waals surface area contributed by atoms with Gasteiger partial charge in [0.25, 0.3) is 5.91 Å². The van der Waals surface area contributed by atoms with Crippen LogP contribution < -0.4 is 15.0 Å². The third-order valence-electron chi connectivity index (χ3n) is 5.30. The van der Waals surface area contributed by atoms with E-state index < -0.39 is 0 Å². The van der Waals surface area contributed by atoms with E-state index in [0.29, 0.717) is 5.75 Å². The highest BCUT2D eigenvalue weighted by Crippen LogP contribution is 2.26. The number of likely N-dealkylation sites (N-methyl/N-ethyl adjacent to an activating group) is 1. The molecule has 0 atom stereocenters. The number of carbonyl (C=O) groups excluding carboxylic acids is 1. The second kappa shape index (κ2) is 9.02. The molecular formula is C23H25BrN4O2. The fourth-order valence-corrected chi connectivity index (χ4v) is 3.79. The van der Waals surface area contributed by atoms with Crippen LogP contribution in [-0.4, -0.2) is 55.6 Å². The lowest BCUT2D eigenvalue weighted by molar-refractivity contribution is -0.118. The number of nitrogens with zero attached hydrogens (tertiary/aromatic N) is 3. The fraction of sp³-hybridized carbons (Fsp3) is 0.304. The quantitative estimate of drug-likeness (QED) is 0.611. The zero-order chi connectivity index (χ0) is 21.1. The van der Waals surface area contributed by atoms with E-state index in [1.54, 1.807) is 0 Å². The van der Waals surface area contributed by atoms with Crippen molar-refractivity contribution in [1.29, 1.82) is 0 Å². The minimum Gasteiger partial charge on any atom is -0.484 e. The molecule has 6 nitrogen and oxygen atoms in total. The molecular weight excluding hydrogens is 444 g/mol. The van der Waals surface area contributed by atoms with Crippen LogP contribution in [0.1, 0.15) is 5.56 Å². The van der Waals surface area contributed by atoms with Gasteiger partial charge in [0.2, 0.25) is 0 Å². The Morgan fingerprint density at radius 2 is 1.83 bits per heavy atom. The summed E-state index contributed by atoms with van der Waals surface area (Å²) in [4.78, 5) is 21.8. The molecule has 1 aromatic heterocycles. The summed E-state index contributed by atoms with van der Waals surface area (Å²) in [6.45, 7) is 6.12. The molecule has 1 aliphatic heterocycles. The van der Waals surface area contributed by atoms with Crippen molar-refractivity contribution >= 4 is 44.2 Å². The van der Waals surface area contributed by atoms with Gasteiger partial charge in [-0.3, -0.25) is 4.79 Å². The first kappa shape index (κ1) is 20.6. The molecule has 1 N–H and O–H groups in total. The lowest BCUT2D eigenvalue weighted by atomic mass is 10.1. The Bertz CT molecular complexity index is 1050. The molecule has 1 fully saturated rings. The van der Waals surface area contributed by atoms with Crippen LogP contribution in [0.3, 0.4) is 0 Å². The van der Waals surface area contributed by atoms with Gasteiger partial charge in [0.05, 0.1) is 5.52 Å². The number of carbonyl (C=O) groups is 1. The standard InChI is InChI=1S/C23H25BrN4O2/c1-16-13-22(28-11-9-27(2)10-12-28)26-21-8-5-18(14-20(16)21)25-23(29)15-30-19-6-3-17(24)4-7-19/h3-8,13-14H,9-12,15H2,1-2H3,(H,25,29). The molecule has 1 aliphatic rings. The van der Waals surface area contributed by atoms with Gasteiger partial charge < -0.3 is 19.9 Å². The van der Waals surface area contributed by atoms with Crippen molar-refractivity contribution in [1.82, 2.24) is 9.88 Å². The number of aryl methyl sites for hydroxylation is 1. The third kappa shape index (κ3) is 4.91. The molecule has 4 rings (SSSR count). The Labute approximate surface area is 185 Å². The van der Waals surface area contributed by atoms with E-state index in [0.717, 1.165) is 58.6 Å². The van der Waals surface area contributed by atoms with Gasteiger partial charge >= 0.3 is 0 Å². The average molecular weight is 469 g/mol. The number of hydrogen-bond acceptors (Lipinski definition) is 5. The van der Waals surface area contributed by atoms with Crippen LogP contribution in [0.4, 0.5) is 11.5 Å². The first-order valence-electron chi connectivity index (χ1n) is 10.0. The summed E-state index contributed by atoms with van der Waals surface area (Å²) in [5.74, 6) is 1.48. The largest absolute Gasteiger partial charge is 0.484 e. The second-order valence-corrected chi connectivity index (χ2v) is 8.53. The number of aromatic nitrogens is 1. The van der Waals surface area contributed by atoms with E-state index >= 15 is 0 Å². The Kier molecular flexibility index (Phi) is 6.20. The number of anilines is 2. The van der Waals surface area contributed by atoms with Crippen LogP contribution in [0, 0.1) is 6.92 Å². The van der Waals surface area contributed by atoms with Crippen molar-refractivity contribution in [3.63, 3.8) is 0 Å². The van der Waals surface area contributed by atoms with Gasteiger partial charge in [-0.25, -0.2) is 4.98 Å². The summed E-state index contributed by atoms with van der Waals surface area (Å²) in [5, 5.41) is 3.95. The molecule has 0 unspecified atom stereocenters. The number of ether oxygens (including phenoxy) is 1. The highest BCUT2D eigenvalue weighted by atomic mass is 79.9. The maximum atomic E-state index is 12.3. The van der Waals surface area contributed by atoms with Crippen molar-refractivity contribution in [2.24, 2.45) is 0 Å². The van der Waals surface area contributed by atoms with Gasteiger partial charge in [-0.1, -0.05) is 15.9 Å². The lowest BCUT2D eigenvalue weighted by Gasteiger charge is -2.33. The van der Waals surface area contributed by atoms with E-state index in [2.05, 4.69) is 51.1 Å². The maximum Gasteiger partial charge on any atom is 0.262 e. The van der Waals surface area contributed by atoms with Gasteiger partial charge in [0.15, 0.2) is 6.61 Å². The Balaban J connectivity index is 1.43. The van der Waals surface area contributed by atoms with Crippen LogP contribution in [-0.2, 0) is 4.79 Å². The molecule has 0 bridgehead atoms. The van der Waals surface area contributed by atoms with Crippen molar-refractivity contribution in [3.05, 3.63) is 58.6 Å². The predicted octanol–water partition coefficient (Wildman–Crippen LogP) is 4.08. The fourth-order valence-electron chi connectivity index (χ4n) is 3.53. The Hall–Kier alpha value is -2.64. The van der Waals surface area contributed by atoms with Crippen molar-refractivity contribution in [3.8, 4) is 5.75 Å². The SMILES string of the molecule is Cc1cc(N2CCN(C)CC2)nc2ccc(NC(=O)COc3ccc(Br)cc3)cc12. The van der Waals surface area contributed by atoms with Crippen molar-refractivity contribution in [2.45, 2.75) is 6.92 Å². The molecule has 0 spiro atoms. The van der Waals surface area contributed by atoms with Crippen molar-refractivity contribution in [2.75, 3.05) is 50.1 Å². The summed E-state index contributed by atoms with van der Waals surface area (Å²) >= 11 is 3.38. The van der Waals surface area contributed by atoms with Gasteiger partial charge in [-0.2, -0.15) is 0 Å². The van der Waals surface area contributed by atoms with Crippen LogP contribution >= 0.6 is 15.9 Å². The second-order valence-electron chi connectivity index (χ2n) is 7.61. The minimum atomic E-state index is -0.197. The van der Waals surface area contributed by atoms with Crippen LogP contribution in [0.2, 0.25) is 0 Å². The van der Waals surface area contributed by atoms with Crippen LogP contribution in [0.25, 0.3) is 10.9 Å². The molecule has 30 heavy (non-hydrogen) atoms. The van der Waals surface area contributed by atoms with E-state index in [1.165, 1.54) is 0 Å². The zero-order valence-electron chi connectivity index (χ0n) is 17.2. The zero-order valence-corrected chi connectivity index (χ0v) is 18.8. The summed E-state index contributed by atoms with van der Waals surface area (Å²) in [5.41, 5.74) is 2.83. The summed E-state index contributed by atoms with van der Waals surface area (Å²) in [7, 11) is 2.15. The number of piperazine rings is 1. The highest BCUT2D eigenvalue weighted by molar-refractivity contribution is 9.10.